The highest BCUT2D eigenvalue weighted by molar-refractivity contribution is 6.32. The summed E-state index contributed by atoms with van der Waals surface area (Å²) in [6.45, 7) is 1.74. The van der Waals surface area contributed by atoms with Crippen molar-refractivity contribution < 1.29 is 19.1 Å². The summed E-state index contributed by atoms with van der Waals surface area (Å²) in [5.74, 6) is 0.126. The molecule has 0 aliphatic carbocycles. The predicted molar refractivity (Wildman–Crippen MR) is 99.2 cm³/mol. The van der Waals surface area contributed by atoms with Gasteiger partial charge in [-0.2, -0.15) is 0 Å². The minimum absolute atomic E-state index is 0.00178. The van der Waals surface area contributed by atoms with E-state index in [0.717, 1.165) is 0 Å². The Balaban J connectivity index is 1.86. The maximum atomic E-state index is 12.3. The van der Waals surface area contributed by atoms with E-state index in [1.165, 1.54) is 19.2 Å². The highest BCUT2D eigenvalue weighted by Crippen LogP contribution is 2.27. The maximum absolute atomic E-state index is 12.3. The summed E-state index contributed by atoms with van der Waals surface area (Å²) in [4.78, 5) is 24.6. The van der Waals surface area contributed by atoms with Crippen LogP contribution in [0.25, 0.3) is 11.0 Å². The Morgan fingerprint density at radius 1 is 1.27 bits per heavy atom. The summed E-state index contributed by atoms with van der Waals surface area (Å²) >= 11 is 6.04. The summed E-state index contributed by atoms with van der Waals surface area (Å²) in [6.07, 6.45) is -0.144. The number of benzene rings is 2. The molecule has 0 atom stereocenters. The van der Waals surface area contributed by atoms with Gasteiger partial charge in [0, 0.05) is 17.1 Å². The first-order valence-corrected chi connectivity index (χ1v) is 8.15. The molecule has 0 radical (unpaired) electrons. The number of ether oxygens (including phenoxy) is 1. The van der Waals surface area contributed by atoms with Gasteiger partial charge in [0.15, 0.2) is 0 Å². The van der Waals surface area contributed by atoms with E-state index in [9.17, 15) is 14.7 Å². The highest BCUT2D eigenvalue weighted by Gasteiger charge is 2.16. The molecule has 1 heterocycles. The Morgan fingerprint density at radius 3 is 2.73 bits per heavy atom. The van der Waals surface area contributed by atoms with E-state index in [2.05, 4.69) is 5.32 Å². The number of rotatable bonds is 4. The Labute approximate surface area is 154 Å². The second-order valence-electron chi connectivity index (χ2n) is 5.75. The van der Waals surface area contributed by atoms with Gasteiger partial charge in [0.25, 0.3) is 0 Å². The standard InChI is InChI=1S/C19H16ClNO5/c1-10-13-5-4-12(22)8-17(13)26-19(24)14(10)9-18(23)21-11-3-6-16(25-2)15(20)7-11/h3-8,22H,9H2,1-2H3,(H,21,23). The largest absolute Gasteiger partial charge is 0.508 e. The molecule has 26 heavy (non-hydrogen) atoms. The van der Waals surface area contributed by atoms with Crippen LogP contribution in [0.15, 0.2) is 45.6 Å². The number of phenolic OH excluding ortho intramolecular Hbond substituents is 1. The molecule has 0 aliphatic heterocycles. The van der Waals surface area contributed by atoms with Gasteiger partial charge >= 0.3 is 5.63 Å². The Bertz CT molecular complexity index is 1060. The number of anilines is 1. The summed E-state index contributed by atoms with van der Waals surface area (Å²) in [6, 6.07) is 9.37. The average Bonchev–Trinajstić information content (AvgIpc) is 2.58. The van der Waals surface area contributed by atoms with E-state index in [4.69, 9.17) is 20.8 Å². The molecule has 0 spiro atoms. The topological polar surface area (TPSA) is 88.8 Å². The molecule has 0 aliphatic rings. The van der Waals surface area contributed by atoms with Crippen LogP contribution in [0.4, 0.5) is 5.69 Å². The lowest BCUT2D eigenvalue weighted by atomic mass is 10.0. The number of aryl methyl sites for hydroxylation is 1. The van der Waals surface area contributed by atoms with Crippen molar-refractivity contribution in [2.24, 2.45) is 0 Å². The van der Waals surface area contributed by atoms with E-state index >= 15 is 0 Å². The van der Waals surface area contributed by atoms with Crippen LogP contribution in [0.1, 0.15) is 11.1 Å². The van der Waals surface area contributed by atoms with E-state index in [1.54, 1.807) is 31.2 Å². The van der Waals surface area contributed by atoms with Crippen molar-refractivity contribution in [2.75, 3.05) is 12.4 Å². The van der Waals surface area contributed by atoms with Crippen LogP contribution < -0.4 is 15.7 Å². The Hall–Kier alpha value is -2.99. The number of aromatic hydroxyl groups is 1. The van der Waals surface area contributed by atoms with Crippen LogP contribution in [-0.4, -0.2) is 18.1 Å². The van der Waals surface area contributed by atoms with Crippen molar-refractivity contribution in [1.29, 1.82) is 0 Å². The number of phenols is 1. The van der Waals surface area contributed by atoms with Gasteiger partial charge in [-0.1, -0.05) is 11.6 Å². The van der Waals surface area contributed by atoms with E-state index < -0.39 is 5.63 Å². The number of hydrogen-bond acceptors (Lipinski definition) is 5. The molecule has 7 heteroatoms. The molecule has 0 saturated carbocycles. The smallest absolute Gasteiger partial charge is 0.340 e. The molecule has 3 rings (SSSR count). The monoisotopic (exact) mass is 373 g/mol. The molecule has 3 aromatic rings. The summed E-state index contributed by atoms with van der Waals surface area (Å²) < 4.78 is 10.3. The molecular weight excluding hydrogens is 358 g/mol. The van der Waals surface area contributed by atoms with Crippen molar-refractivity contribution in [3.05, 3.63) is 63.0 Å². The van der Waals surface area contributed by atoms with Gasteiger partial charge < -0.3 is 19.6 Å². The fourth-order valence-electron chi connectivity index (χ4n) is 2.70. The number of carbonyl (C=O) groups excluding carboxylic acids is 1. The van der Waals surface area contributed by atoms with E-state index in [1.807, 2.05) is 0 Å². The zero-order chi connectivity index (χ0) is 18.8. The first-order valence-electron chi connectivity index (χ1n) is 7.77. The Morgan fingerprint density at radius 2 is 2.04 bits per heavy atom. The van der Waals surface area contributed by atoms with Gasteiger partial charge in [0.1, 0.15) is 17.1 Å². The number of amides is 1. The van der Waals surface area contributed by atoms with Gasteiger partial charge in [-0.3, -0.25) is 4.79 Å². The third-order valence-corrected chi connectivity index (χ3v) is 4.34. The minimum Gasteiger partial charge on any atom is -0.508 e. The van der Waals surface area contributed by atoms with Gasteiger partial charge in [-0.25, -0.2) is 4.79 Å². The molecule has 1 amide bonds. The zero-order valence-corrected chi connectivity index (χ0v) is 14.9. The second-order valence-corrected chi connectivity index (χ2v) is 6.16. The molecular formula is C19H16ClNO5. The molecule has 6 nitrogen and oxygen atoms in total. The molecule has 0 saturated heterocycles. The van der Waals surface area contributed by atoms with Crippen molar-refractivity contribution in [3.63, 3.8) is 0 Å². The summed E-state index contributed by atoms with van der Waals surface area (Å²) in [7, 11) is 1.50. The van der Waals surface area contributed by atoms with Crippen LogP contribution in [-0.2, 0) is 11.2 Å². The number of methoxy groups -OCH3 is 1. The van der Waals surface area contributed by atoms with Gasteiger partial charge in [0.2, 0.25) is 5.91 Å². The van der Waals surface area contributed by atoms with Crippen molar-refractivity contribution >= 4 is 34.2 Å². The molecule has 0 fully saturated rings. The van der Waals surface area contributed by atoms with E-state index in [-0.39, 0.29) is 29.2 Å². The first kappa shape index (κ1) is 17.8. The quantitative estimate of drug-likeness (QED) is 0.681. The fraction of sp³-hybridized carbons (Fsp3) is 0.158. The minimum atomic E-state index is -0.608. The van der Waals surface area contributed by atoms with Crippen molar-refractivity contribution in [3.8, 4) is 11.5 Å². The van der Waals surface area contributed by atoms with Crippen LogP contribution in [0.2, 0.25) is 5.02 Å². The normalized spacial score (nSPS) is 10.7. The maximum Gasteiger partial charge on any atom is 0.340 e. The molecule has 0 bridgehead atoms. The molecule has 2 N–H and O–H groups in total. The molecule has 2 aromatic carbocycles. The van der Waals surface area contributed by atoms with Crippen LogP contribution >= 0.6 is 11.6 Å². The lowest BCUT2D eigenvalue weighted by Crippen LogP contribution is -2.20. The lowest BCUT2D eigenvalue weighted by Gasteiger charge is -2.10. The fourth-order valence-corrected chi connectivity index (χ4v) is 2.95. The van der Waals surface area contributed by atoms with Crippen LogP contribution in [0.5, 0.6) is 11.5 Å². The lowest BCUT2D eigenvalue weighted by molar-refractivity contribution is -0.115. The highest BCUT2D eigenvalue weighted by atomic mass is 35.5. The van der Waals surface area contributed by atoms with Gasteiger partial charge in [0.05, 0.1) is 24.1 Å². The van der Waals surface area contributed by atoms with Gasteiger partial charge in [-0.05, 0) is 42.8 Å². The molecule has 134 valence electrons. The Kier molecular flexibility index (Phi) is 4.86. The van der Waals surface area contributed by atoms with Crippen LogP contribution in [0, 0.1) is 6.92 Å². The number of fused-ring (bicyclic) bond motifs is 1. The van der Waals surface area contributed by atoms with E-state index in [0.29, 0.717) is 27.4 Å². The van der Waals surface area contributed by atoms with Crippen LogP contribution in [0.3, 0.4) is 0 Å². The third-order valence-electron chi connectivity index (χ3n) is 4.04. The number of carbonyl (C=O) groups is 1. The second kappa shape index (κ2) is 7.09. The molecule has 1 aromatic heterocycles. The summed E-state index contributed by atoms with van der Waals surface area (Å²) in [5.41, 5.74) is 1.06. The van der Waals surface area contributed by atoms with Gasteiger partial charge in [-0.15, -0.1) is 0 Å². The predicted octanol–water partition coefficient (Wildman–Crippen LogP) is 3.65. The average molecular weight is 374 g/mol. The SMILES string of the molecule is COc1ccc(NC(=O)Cc2c(C)c3ccc(O)cc3oc2=O)cc1Cl. The first-order chi connectivity index (χ1) is 12.4. The number of halogens is 1. The summed E-state index contributed by atoms with van der Waals surface area (Å²) in [5, 5.41) is 13.2. The number of nitrogens with one attached hydrogen (secondary N) is 1. The third kappa shape index (κ3) is 3.50. The number of hydrogen-bond donors (Lipinski definition) is 2. The van der Waals surface area contributed by atoms with Crippen molar-refractivity contribution in [2.45, 2.75) is 13.3 Å². The molecule has 0 unspecified atom stereocenters. The zero-order valence-electron chi connectivity index (χ0n) is 14.1. The van der Waals surface area contributed by atoms with Crippen molar-refractivity contribution in [1.82, 2.24) is 0 Å².